The second-order valence-corrected chi connectivity index (χ2v) is 3.66. The molecule has 1 rings (SSSR count). The van der Waals surface area contributed by atoms with Crippen LogP contribution in [-0.4, -0.2) is 29.2 Å². The molecule has 0 atom stereocenters. The fourth-order valence-electron chi connectivity index (χ4n) is 1.42. The topological polar surface area (TPSA) is 85.4 Å². The number of hydrogen-bond donors (Lipinski definition) is 2. The molecule has 5 heteroatoms. The number of carbonyl (C=O) groups is 1. The van der Waals surface area contributed by atoms with Crippen LogP contribution in [0.15, 0.2) is 12.3 Å². The maximum atomic E-state index is 11.3. The first-order valence-electron chi connectivity index (χ1n) is 5.10. The average Bonchev–Trinajstić information content (AvgIpc) is 2.25. The van der Waals surface area contributed by atoms with Crippen LogP contribution in [0.1, 0.15) is 35.8 Å². The van der Waals surface area contributed by atoms with E-state index in [1.807, 2.05) is 13.8 Å². The van der Waals surface area contributed by atoms with E-state index in [1.165, 1.54) is 0 Å². The molecule has 0 spiro atoms. The molecule has 5 nitrogen and oxygen atoms in total. The van der Waals surface area contributed by atoms with Crippen molar-refractivity contribution < 1.29 is 14.6 Å². The minimum atomic E-state index is -0.565. The van der Waals surface area contributed by atoms with Crippen LogP contribution in [0.4, 0.5) is 0 Å². The second kappa shape index (κ2) is 5.46. The Bertz CT molecular complexity index is 377. The Labute approximate surface area is 94.2 Å². The van der Waals surface area contributed by atoms with Gasteiger partial charge in [-0.15, -0.1) is 0 Å². The first-order chi connectivity index (χ1) is 7.57. The van der Waals surface area contributed by atoms with Crippen LogP contribution in [0.5, 0.6) is 5.75 Å². The number of ether oxygens (including phenoxy) is 1. The third-order valence-electron chi connectivity index (χ3n) is 2.08. The quantitative estimate of drug-likeness (QED) is 0.770. The highest BCUT2D eigenvalue weighted by atomic mass is 16.5. The number of aliphatic hydroxyl groups excluding tert-OH is 1. The van der Waals surface area contributed by atoms with E-state index in [0.29, 0.717) is 17.0 Å². The molecule has 3 N–H and O–H groups in total. The van der Waals surface area contributed by atoms with Crippen LogP contribution in [-0.2, 0) is 0 Å². The molecule has 0 radical (unpaired) electrons. The number of nitrogens with zero attached hydrogens (tertiary/aromatic N) is 1. The third-order valence-corrected chi connectivity index (χ3v) is 2.08. The van der Waals surface area contributed by atoms with Gasteiger partial charge in [-0.3, -0.25) is 9.78 Å². The van der Waals surface area contributed by atoms with Crippen molar-refractivity contribution >= 4 is 5.91 Å². The summed E-state index contributed by atoms with van der Waals surface area (Å²) in [5, 5.41) is 8.68. The van der Waals surface area contributed by atoms with Gasteiger partial charge in [0.25, 0.3) is 5.91 Å². The summed E-state index contributed by atoms with van der Waals surface area (Å²) >= 11 is 0. The smallest absolute Gasteiger partial charge is 0.254 e. The van der Waals surface area contributed by atoms with Crippen molar-refractivity contribution in [3.05, 3.63) is 23.5 Å². The van der Waals surface area contributed by atoms with Gasteiger partial charge in [0, 0.05) is 6.20 Å². The van der Waals surface area contributed by atoms with Crippen LogP contribution < -0.4 is 10.5 Å². The predicted octanol–water partition coefficient (Wildman–Crippen LogP) is 0.675. The summed E-state index contributed by atoms with van der Waals surface area (Å²) in [6, 6.07) is 1.57. The van der Waals surface area contributed by atoms with Gasteiger partial charge < -0.3 is 15.6 Å². The fourth-order valence-corrected chi connectivity index (χ4v) is 1.42. The number of primary amides is 1. The van der Waals surface area contributed by atoms with Crippen LogP contribution in [0.3, 0.4) is 0 Å². The molecule has 1 amide bonds. The molecule has 0 unspecified atom stereocenters. The molecule has 0 bridgehead atoms. The predicted molar refractivity (Wildman–Crippen MR) is 59.4 cm³/mol. The molecule has 0 saturated heterocycles. The zero-order chi connectivity index (χ0) is 12.1. The number of aromatic nitrogens is 1. The number of hydrogen-bond acceptors (Lipinski definition) is 4. The Hall–Kier alpha value is -1.62. The number of pyridine rings is 1. The van der Waals surface area contributed by atoms with Gasteiger partial charge in [0.1, 0.15) is 17.9 Å². The number of rotatable bonds is 5. The number of aliphatic hydroxyl groups is 1. The molecule has 1 aromatic rings. The molecule has 1 heterocycles. The lowest BCUT2D eigenvalue weighted by Gasteiger charge is -2.13. The van der Waals surface area contributed by atoms with Crippen LogP contribution >= 0.6 is 0 Å². The summed E-state index contributed by atoms with van der Waals surface area (Å²) < 4.78 is 5.25. The van der Waals surface area contributed by atoms with E-state index >= 15 is 0 Å². The van der Waals surface area contributed by atoms with E-state index in [4.69, 9.17) is 15.6 Å². The second-order valence-electron chi connectivity index (χ2n) is 3.66. The molecule has 0 aromatic carbocycles. The van der Waals surface area contributed by atoms with E-state index in [1.54, 1.807) is 12.3 Å². The summed E-state index contributed by atoms with van der Waals surface area (Å²) in [4.78, 5) is 15.5. The Morgan fingerprint density at radius 1 is 1.62 bits per heavy atom. The van der Waals surface area contributed by atoms with Crippen molar-refractivity contribution in [2.45, 2.75) is 19.8 Å². The molecule has 16 heavy (non-hydrogen) atoms. The van der Waals surface area contributed by atoms with Gasteiger partial charge in [-0.2, -0.15) is 0 Å². The lowest BCUT2D eigenvalue weighted by atomic mass is 10.0. The third kappa shape index (κ3) is 2.70. The van der Waals surface area contributed by atoms with Crippen molar-refractivity contribution in [1.82, 2.24) is 4.98 Å². The average molecular weight is 224 g/mol. The summed E-state index contributed by atoms with van der Waals surface area (Å²) in [6.07, 6.45) is 1.56. The fraction of sp³-hybridized carbons (Fsp3) is 0.455. The van der Waals surface area contributed by atoms with Crippen molar-refractivity contribution in [3.8, 4) is 5.75 Å². The van der Waals surface area contributed by atoms with Crippen LogP contribution in [0.2, 0.25) is 0 Å². The monoisotopic (exact) mass is 224 g/mol. The number of carbonyl (C=O) groups excluding carboxylic acids is 1. The minimum absolute atomic E-state index is 0.0835. The largest absolute Gasteiger partial charge is 0.490 e. The maximum absolute atomic E-state index is 11.3. The normalized spacial score (nSPS) is 10.5. The summed E-state index contributed by atoms with van der Waals surface area (Å²) in [6.45, 7) is 3.86. The van der Waals surface area contributed by atoms with Gasteiger partial charge in [-0.1, -0.05) is 13.8 Å². The van der Waals surface area contributed by atoms with Crippen molar-refractivity contribution in [3.63, 3.8) is 0 Å². The zero-order valence-corrected chi connectivity index (χ0v) is 9.43. The SMILES string of the molecule is CC(C)c1nccc(OCCO)c1C(N)=O. The molecule has 0 aliphatic carbocycles. The number of nitrogens with two attached hydrogens (primary N) is 1. The van der Waals surface area contributed by atoms with E-state index in [-0.39, 0.29) is 19.1 Å². The molecule has 1 aromatic heterocycles. The van der Waals surface area contributed by atoms with Gasteiger partial charge in [0.15, 0.2) is 0 Å². The molecule has 0 fully saturated rings. The Kier molecular flexibility index (Phi) is 4.25. The number of amides is 1. The van der Waals surface area contributed by atoms with E-state index in [0.717, 1.165) is 0 Å². The maximum Gasteiger partial charge on any atom is 0.254 e. The van der Waals surface area contributed by atoms with E-state index < -0.39 is 5.91 Å². The molecule has 0 saturated carbocycles. The van der Waals surface area contributed by atoms with E-state index in [9.17, 15) is 4.79 Å². The minimum Gasteiger partial charge on any atom is -0.490 e. The standard InChI is InChI=1S/C11H16N2O3/c1-7(2)10-9(11(12)15)8(3-4-13-10)16-6-5-14/h3-4,7,14H,5-6H2,1-2H3,(H2,12,15). The highest BCUT2D eigenvalue weighted by Gasteiger charge is 2.18. The zero-order valence-electron chi connectivity index (χ0n) is 9.43. The summed E-state index contributed by atoms with van der Waals surface area (Å²) in [5.41, 5.74) is 6.21. The first kappa shape index (κ1) is 12.4. The van der Waals surface area contributed by atoms with Crippen molar-refractivity contribution in [2.75, 3.05) is 13.2 Å². The highest BCUT2D eigenvalue weighted by molar-refractivity contribution is 5.96. The Balaban J connectivity index is 3.16. The van der Waals surface area contributed by atoms with E-state index in [2.05, 4.69) is 4.98 Å². The Morgan fingerprint density at radius 2 is 2.31 bits per heavy atom. The van der Waals surface area contributed by atoms with Gasteiger partial charge in [-0.25, -0.2) is 0 Å². The van der Waals surface area contributed by atoms with Crippen LogP contribution in [0, 0.1) is 0 Å². The molecular weight excluding hydrogens is 208 g/mol. The van der Waals surface area contributed by atoms with Crippen LogP contribution in [0.25, 0.3) is 0 Å². The van der Waals surface area contributed by atoms with Gasteiger partial charge in [0.2, 0.25) is 0 Å². The molecule has 0 aliphatic heterocycles. The van der Waals surface area contributed by atoms with Gasteiger partial charge >= 0.3 is 0 Å². The highest BCUT2D eigenvalue weighted by Crippen LogP contribution is 2.25. The lowest BCUT2D eigenvalue weighted by molar-refractivity contribution is 0.0992. The van der Waals surface area contributed by atoms with Crippen molar-refractivity contribution in [2.24, 2.45) is 5.73 Å². The van der Waals surface area contributed by atoms with Gasteiger partial charge in [0.05, 0.1) is 12.3 Å². The molecular formula is C11H16N2O3. The molecule has 0 aliphatic rings. The summed E-state index contributed by atoms with van der Waals surface area (Å²) in [5.74, 6) is -0.106. The van der Waals surface area contributed by atoms with Crippen molar-refractivity contribution in [1.29, 1.82) is 0 Å². The Morgan fingerprint density at radius 3 is 2.81 bits per heavy atom. The summed E-state index contributed by atoms with van der Waals surface area (Å²) in [7, 11) is 0. The van der Waals surface area contributed by atoms with Gasteiger partial charge in [-0.05, 0) is 12.0 Å². The lowest BCUT2D eigenvalue weighted by Crippen LogP contribution is -2.18. The first-order valence-corrected chi connectivity index (χ1v) is 5.10. The molecule has 88 valence electrons.